The van der Waals surface area contributed by atoms with Crippen LogP contribution in [0.5, 0.6) is 40.6 Å². The van der Waals surface area contributed by atoms with E-state index in [0.29, 0.717) is 79.6 Å². The summed E-state index contributed by atoms with van der Waals surface area (Å²) in [7, 11) is 5.98. The predicted octanol–water partition coefficient (Wildman–Crippen LogP) is 7.84. The van der Waals surface area contributed by atoms with E-state index in [4.69, 9.17) is 55.1 Å². The summed E-state index contributed by atoms with van der Waals surface area (Å²) in [6, 6.07) is 15.4. The highest BCUT2D eigenvalue weighted by atomic mass is 19.1. The van der Waals surface area contributed by atoms with Crippen LogP contribution in [0, 0.1) is 53.3 Å². The smallest absolute Gasteiger partial charge is 0.255 e. The largest absolute Gasteiger partial charge is 0.496 e. The Labute approximate surface area is 594 Å². The van der Waals surface area contributed by atoms with Crippen molar-refractivity contribution in [3.8, 4) is 76.2 Å². The van der Waals surface area contributed by atoms with Gasteiger partial charge < -0.3 is 76.2 Å². The van der Waals surface area contributed by atoms with Gasteiger partial charge in [-0.25, -0.2) is 28.1 Å². The molecule has 0 saturated carbocycles. The minimum atomic E-state index is -1.58. The minimum Gasteiger partial charge on any atom is -0.496 e. The Morgan fingerprint density at radius 3 is 1.18 bits per heavy atom. The van der Waals surface area contributed by atoms with Crippen molar-refractivity contribution < 1.29 is 84.9 Å². The van der Waals surface area contributed by atoms with Crippen molar-refractivity contribution in [2.75, 3.05) is 48.3 Å². The number of para-hydroxylation sites is 1. The van der Waals surface area contributed by atoms with Gasteiger partial charge in [-0.2, -0.15) is 0 Å². The fourth-order valence-corrected chi connectivity index (χ4v) is 11.8. The number of aliphatic hydroxyl groups is 1. The van der Waals surface area contributed by atoms with Crippen LogP contribution in [0.3, 0.4) is 0 Å². The summed E-state index contributed by atoms with van der Waals surface area (Å²) in [6.45, 7) is 15.9. The van der Waals surface area contributed by atoms with Crippen molar-refractivity contribution in [3.63, 3.8) is 0 Å². The van der Waals surface area contributed by atoms with E-state index in [1.165, 1.54) is 32.8 Å². The van der Waals surface area contributed by atoms with Gasteiger partial charge in [0.25, 0.3) is 35.4 Å². The average Bonchev–Trinajstić information content (AvgIpc) is 1.62. The molecule has 3 fully saturated rings. The topological polar surface area (TPSA) is 349 Å². The molecule has 3 aliphatic heterocycles. The third-order valence-electron chi connectivity index (χ3n) is 17.4. The zero-order chi connectivity index (χ0) is 75.4. The molecule has 3 saturated heterocycles. The number of halogens is 3. The van der Waals surface area contributed by atoms with Crippen molar-refractivity contribution in [1.82, 2.24) is 30.9 Å². The molecule has 0 radical (unpaired) electrons. The molecule has 3 aliphatic rings. The average molecular weight is 1420 g/mol. The van der Waals surface area contributed by atoms with Crippen molar-refractivity contribution in [3.05, 3.63) is 118 Å². The number of nitrogens with one attached hydrogen (secondary N) is 3. The first-order valence-corrected chi connectivity index (χ1v) is 33.1. The molecule has 10 rings (SSSR count). The molecule has 103 heavy (non-hydrogen) atoms. The van der Waals surface area contributed by atoms with Gasteiger partial charge in [-0.1, -0.05) is 68.4 Å². The van der Waals surface area contributed by atoms with Crippen LogP contribution in [0.4, 0.5) is 13.2 Å². The molecule has 3 aromatic heterocycles. The van der Waals surface area contributed by atoms with Crippen LogP contribution in [-0.2, 0) is 19.1 Å². The molecule has 0 aliphatic carbocycles. The number of ether oxygens (including phenoxy) is 8. The maximum atomic E-state index is 14.2. The number of nitrogens with two attached hydrogens (primary N) is 3. The Kier molecular flexibility index (Phi) is 25.3. The predicted molar refractivity (Wildman–Crippen MR) is 378 cm³/mol. The Hall–Kier alpha value is -11.1. The summed E-state index contributed by atoms with van der Waals surface area (Å²) >= 11 is 0. The molecule has 6 heterocycles. The highest BCUT2D eigenvalue weighted by Crippen LogP contribution is 2.38. The normalized spacial score (nSPS) is 19.7. The van der Waals surface area contributed by atoms with E-state index in [1.807, 2.05) is 66.7 Å². The number of amides is 6. The number of carbonyl (C=O) groups excluding carboxylic acids is 6. The van der Waals surface area contributed by atoms with Crippen LogP contribution >= 0.6 is 0 Å². The molecule has 7 aromatic rings. The molecule has 10 N–H and O–H groups in total. The number of methoxy groups -OCH3 is 4. The fourth-order valence-electron chi connectivity index (χ4n) is 11.8. The van der Waals surface area contributed by atoms with Gasteiger partial charge in [0, 0.05) is 75.8 Å². The van der Waals surface area contributed by atoms with Gasteiger partial charge in [0.15, 0.2) is 18.5 Å². The van der Waals surface area contributed by atoms with Crippen LogP contribution in [-0.4, -0.2) is 158 Å². The van der Waals surface area contributed by atoms with E-state index in [0.717, 1.165) is 0 Å². The van der Waals surface area contributed by atoms with E-state index in [-0.39, 0.29) is 77.5 Å². The lowest BCUT2D eigenvalue weighted by Crippen LogP contribution is -2.34. The van der Waals surface area contributed by atoms with E-state index in [9.17, 15) is 47.0 Å². The van der Waals surface area contributed by atoms with Crippen molar-refractivity contribution >= 4 is 67.8 Å². The molecule has 24 nitrogen and oxygen atoms in total. The number of aromatic nitrogens is 3. The molecule has 4 aromatic carbocycles. The Balaban J connectivity index is 0.000000196. The number of alkyl halides is 3. The fraction of sp³-hybridized carbons (Fsp3) is 0.408. The highest BCUT2D eigenvalue weighted by molar-refractivity contribution is 6.05. The molecule has 6 amide bonds. The van der Waals surface area contributed by atoms with Gasteiger partial charge in [-0.15, -0.1) is 0 Å². The third-order valence-corrected chi connectivity index (χ3v) is 17.4. The Bertz CT molecular complexity index is 4590. The monoisotopic (exact) mass is 1420 g/mol. The van der Waals surface area contributed by atoms with Crippen LogP contribution in [0.1, 0.15) is 135 Å². The summed E-state index contributed by atoms with van der Waals surface area (Å²) in [6.07, 6.45) is 1.02. The van der Waals surface area contributed by atoms with Crippen LogP contribution in [0.2, 0.25) is 0 Å². The maximum absolute atomic E-state index is 14.2. The first kappa shape index (κ1) is 77.7. The van der Waals surface area contributed by atoms with Gasteiger partial charge in [0.2, 0.25) is 17.6 Å². The van der Waals surface area contributed by atoms with Crippen LogP contribution in [0.15, 0.2) is 79.3 Å². The maximum Gasteiger partial charge on any atom is 0.255 e. The number of benzene rings is 4. The van der Waals surface area contributed by atoms with E-state index in [1.54, 1.807) is 70.5 Å². The Morgan fingerprint density at radius 2 is 0.845 bits per heavy atom. The second kappa shape index (κ2) is 33.6. The zero-order valence-corrected chi connectivity index (χ0v) is 59.4. The summed E-state index contributed by atoms with van der Waals surface area (Å²) in [4.78, 5) is 84.7. The molecule has 0 spiro atoms. The molecule has 9 atom stereocenters. The van der Waals surface area contributed by atoms with Crippen LogP contribution in [0.25, 0.3) is 32.3 Å². The van der Waals surface area contributed by atoms with Crippen molar-refractivity contribution in [2.24, 2.45) is 35.0 Å². The summed E-state index contributed by atoms with van der Waals surface area (Å²) in [5.41, 5.74) is 17.5. The SMILES string of the molecule is CC[C@@H]1[C@H](F)C(=O)N[C@@H]1COc1ncc(C#CC(C)(C)O)c2cc(C(N)=O)c(OC(C)C)cc12.CC[C@@H]1[C@H](F)C(=O)N[C@@H]1COc1ncc(C#CC(C)(C)OC)c2cc(C(N)=O)c(OC)cc12.CC[C@@H]1[C@H](F)C(=O)N[C@@H]1COc1ncc(C#Cc2ccccc2OC)c2cc(C(N)=O)c(OC)cc12. The third kappa shape index (κ3) is 18.4. The number of hydrogen-bond acceptors (Lipinski definition) is 18. The quantitative estimate of drug-likeness (QED) is 0.0337. The number of carbonyl (C=O) groups is 6. The number of primary amides is 3. The standard InChI is InChI=1S/C27H26FN3O5.C25H30FN3O5.C24H28FN3O5/c1-4-17-21(31-26(33)24(17)28)14-36-27-19-12-23(35-3)20(25(29)32)11-18(19)16(13-30-27)10-9-15-7-5-6-8-22(15)34-2;1-6-15-19(29-23(31)21(15)26)12-33-24-17-10-20(34-13(2)3)18(22(27)30)9-16(17)14(11-28-24)7-8-25(4,5)32;1-6-14-18(28-22(30)20(14)25)12-33-23-16-10-19(31-4)17(21(26)29)9-15(16)13(11-27-23)7-8-24(2,3)32-5/h5-8,11-13,17,21,24H,4,14H2,1-3H3,(H2,29,32)(H,31,33);9-11,13,15,19,21,32H,6,12H2,1-5H3,(H2,27,30)(H,29,31);9-11,14,18,20H,6,12H2,1-5H3,(H2,26,29)(H,28,30)/t17-,21+,24-;15-,19+,21-;14-,18+,20-/m000/s1. The highest BCUT2D eigenvalue weighted by Gasteiger charge is 2.44. The number of rotatable bonds is 21. The van der Waals surface area contributed by atoms with Gasteiger partial charge in [0.1, 0.15) is 54.0 Å². The molecule has 27 heteroatoms. The number of fused-ring (bicyclic) bond motifs is 3. The molecular formula is C76H84F3N9O15. The molecule has 0 unspecified atom stereocenters. The number of hydrogen-bond donors (Lipinski definition) is 7. The molecule has 544 valence electrons. The van der Waals surface area contributed by atoms with E-state index >= 15 is 0 Å². The summed E-state index contributed by atoms with van der Waals surface area (Å²) < 4.78 is 87.5. The minimum absolute atomic E-state index is 0.0133. The summed E-state index contributed by atoms with van der Waals surface area (Å²) in [5, 5.41) is 21.2. The van der Waals surface area contributed by atoms with Crippen LogP contribution < -0.4 is 66.3 Å². The van der Waals surface area contributed by atoms with Gasteiger partial charge >= 0.3 is 0 Å². The van der Waals surface area contributed by atoms with Gasteiger partial charge in [0.05, 0.1) is 84.5 Å². The lowest BCUT2D eigenvalue weighted by molar-refractivity contribution is -0.124. The van der Waals surface area contributed by atoms with E-state index in [2.05, 4.69) is 66.4 Å². The Morgan fingerprint density at radius 1 is 0.505 bits per heavy atom. The van der Waals surface area contributed by atoms with E-state index < -0.39 is 101 Å². The first-order chi connectivity index (χ1) is 48.9. The number of nitrogens with zero attached hydrogens (tertiary/aromatic N) is 3. The number of pyridine rings is 3. The van der Waals surface area contributed by atoms with Crippen molar-refractivity contribution in [2.45, 2.75) is 136 Å². The summed E-state index contributed by atoms with van der Waals surface area (Å²) in [5.74, 6) is 14.5. The second-order valence-electron chi connectivity index (χ2n) is 25.7. The van der Waals surface area contributed by atoms with Crippen molar-refractivity contribution in [1.29, 1.82) is 0 Å². The molecule has 0 bridgehead atoms. The second-order valence-corrected chi connectivity index (χ2v) is 25.7. The lowest BCUT2D eigenvalue weighted by atomic mass is 9.97. The molecular weight excluding hydrogens is 1340 g/mol. The van der Waals surface area contributed by atoms with Gasteiger partial charge in [-0.05, 0) is 109 Å². The lowest BCUT2D eigenvalue weighted by Gasteiger charge is -2.20. The van der Waals surface area contributed by atoms with Gasteiger partial charge in [-0.3, -0.25) is 28.8 Å². The zero-order valence-electron chi connectivity index (χ0n) is 59.4. The first-order valence-electron chi connectivity index (χ1n) is 33.1.